The zero-order chi connectivity index (χ0) is 30.0. The van der Waals surface area contributed by atoms with E-state index >= 15 is 0 Å². The molecule has 5 rings (SSSR count). The number of fused-ring (bicyclic) bond motifs is 1. The molecular formula is C31H34N4O7. The highest BCUT2D eigenvalue weighted by molar-refractivity contribution is 5.96. The molecule has 0 unspecified atom stereocenters. The number of piperidine rings is 1. The number of nitro benzene ring substituents is 1. The highest BCUT2D eigenvalue weighted by Gasteiger charge is 2.27. The normalized spacial score (nSPS) is 14.2. The Labute approximate surface area is 242 Å². The lowest BCUT2D eigenvalue weighted by molar-refractivity contribution is -0.384. The summed E-state index contributed by atoms with van der Waals surface area (Å²) >= 11 is 0. The van der Waals surface area contributed by atoms with Gasteiger partial charge in [-0.3, -0.25) is 14.9 Å². The first kappa shape index (κ1) is 28.9. The molecule has 1 aliphatic rings. The van der Waals surface area contributed by atoms with E-state index in [-0.39, 0.29) is 23.4 Å². The maximum absolute atomic E-state index is 12.6. The topological polar surface area (TPSA) is 129 Å². The fourth-order valence-electron chi connectivity index (χ4n) is 4.99. The minimum atomic E-state index is -0.527. The quantitative estimate of drug-likeness (QED) is 0.207. The summed E-state index contributed by atoms with van der Waals surface area (Å²) in [6, 6.07) is 13.7. The molecule has 4 aromatic rings. The van der Waals surface area contributed by atoms with Crippen molar-refractivity contribution < 1.29 is 23.9 Å². The van der Waals surface area contributed by atoms with Crippen LogP contribution in [0.5, 0.6) is 11.5 Å². The van der Waals surface area contributed by atoms with Crippen LogP contribution in [0.2, 0.25) is 0 Å². The molecule has 1 saturated heterocycles. The number of rotatable bonds is 7. The molecule has 11 nitrogen and oxygen atoms in total. The number of aromatic nitrogens is 2. The molecular weight excluding hydrogens is 540 g/mol. The van der Waals surface area contributed by atoms with E-state index < -0.39 is 10.5 Å². The molecule has 11 heteroatoms. The van der Waals surface area contributed by atoms with Gasteiger partial charge in [0.05, 0.1) is 17.6 Å². The summed E-state index contributed by atoms with van der Waals surface area (Å²) in [5.41, 5.74) is 1.61. The smallest absolute Gasteiger partial charge is 0.410 e. The van der Waals surface area contributed by atoms with Crippen LogP contribution in [-0.2, 0) is 23.1 Å². The van der Waals surface area contributed by atoms with Crippen LogP contribution >= 0.6 is 0 Å². The lowest BCUT2D eigenvalue weighted by Gasteiger charge is -2.33. The van der Waals surface area contributed by atoms with Gasteiger partial charge >= 0.3 is 6.09 Å². The van der Waals surface area contributed by atoms with E-state index in [0.29, 0.717) is 53.2 Å². The van der Waals surface area contributed by atoms with Gasteiger partial charge in [-0.1, -0.05) is 12.1 Å². The molecule has 2 aromatic heterocycles. The Morgan fingerprint density at radius 3 is 2.57 bits per heavy atom. The lowest BCUT2D eigenvalue weighted by atomic mass is 10.0. The Balaban J connectivity index is 1.31. The molecule has 0 aliphatic carbocycles. The van der Waals surface area contributed by atoms with E-state index in [4.69, 9.17) is 14.2 Å². The number of nitro groups is 1. The van der Waals surface area contributed by atoms with E-state index in [1.807, 2.05) is 39.0 Å². The predicted molar refractivity (Wildman–Crippen MR) is 158 cm³/mol. The second-order valence-corrected chi connectivity index (χ2v) is 11.4. The van der Waals surface area contributed by atoms with Crippen molar-refractivity contribution in [3.05, 3.63) is 87.0 Å². The number of aryl methyl sites for hydroxylation is 1. The Morgan fingerprint density at radius 1 is 1.10 bits per heavy atom. The number of H-pyrrole nitrogens is 1. The maximum Gasteiger partial charge on any atom is 0.410 e. The van der Waals surface area contributed by atoms with Crippen molar-refractivity contribution in [2.45, 2.75) is 51.9 Å². The third-order valence-electron chi connectivity index (χ3n) is 7.06. The van der Waals surface area contributed by atoms with Gasteiger partial charge in [-0.2, -0.15) is 0 Å². The number of carbonyl (C=O) groups excluding carboxylic acids is 1. The van der Waals surface area contributed by atoms with Gasteiger partial charge < -0.3 is 28.7 Å². The fraction of sp³-hybridized carbons (Fsp3) is 0.355. The summed E-state index contributed by atoms with van der Waals surface area (Å²) in [5.74, 6) is 0.954. The molecule has 220 valence electrons. The number of hydrogen-bond donors (Lipinski definition) is 1. The zero-order valence-corrected chi connectivity index (χ0v) is 24.1. The summed E-state index contributed by atoms with van der Waals surface area (Å²) in [5, 5.41) is 12.2. The van der Waals surface area contributed by atoms with Gasteiger partial charge in [-0.15, -0.1) is 0 Å². The minimum Gasteiger partial charge on any atom is -0.457 e. The summed E-state index contributed by atoms with van der Waals surface area (Å²) in [7, 11) is 1.63. The molecule has 3 heterocycles. The largest absolute Gasteiger partial charge is 0.457 e. The van der Waals surface area contributed by atoms with Gasteiger partial charge in [0.25, 0.3) is 11.2 Å². The molecule has 1 amide bonds. The van der Waals surface area contributed by atoms with Crippen molar-refractivity contribution in [1.29, 1.82) is 0 Å². The summed E-state index contributed by atoms with van der Waals surface area (Å²) < 4.78 is 19.3. The van der Waals surface area contributed by atoms with Crippen molar-refractivity contribution in [1.82, 2.24) is 14.5 Å². The molecule has 0 bridgehead atoms. The number of amides is 1. The second-order valence-electron chi connectivity index (χ2n) is 11.4. The number of ether oxygens (including phenoxy) is 3. The Bertz CT molecular complexity index is 1680. The van der Waals surface area contributed by atoms with Crippen LogP contribution in [0.1, 0.15) is 39.2 Å². The fourth-order valence-corrected chi connectivity index (χ4v) is 4.99. The van der Waals surface area contributed by atoms with Gasteiger partial charge in [-0.25, -0.2) is 4.79 Å². The molecule has 0 atom stereocenters. The Hall–Kier alpha value is -4.64. The molecule has 0 radical (unpaired) electrons. The maximum atomic E-state index is 12.6. The monoisotopic (exact) mass is 574 g/mol. The molecule has 2 aromatic carbocycles. The first-order valence-corrected chi connectivity index (χ1v) is 13.8. The van der Waals surface area contributed by atoms with E-state index in [2.05, 4.69) is 4.98 Å². The number of hydrogen-bond acceptors (Lipinski definition) is 7. The number of non-ortho nitro benzene ring substituents is 1. The van der Waals surface area contributed by atoms with Gasteiger partial charge in [0.2, 0.25) is 0 Å². The first-order valence-electron chi connectivity index (χ1n) is 13.8. The number of benzene rings is 2. The molecule has 1 fully saturated rings. The SMILES string of the molecule is Cn1cc(-c2cc([N+](=O)[O-])ccc2Oc2cccc(COC3CCN(C(=O)OC(C)(C)C)CC3)c2)c2cc[nH]c2c1=O. The van der Waals surface area contributed by atoms with Crippen molar-refractivity contribution in [3.8, 4) is 22.6 Å². The van der Waals surface area contributed by atoms with Crippen LogP contribution in [0.3, 0.4) is 0 Å². The summed E-state index contributed by atoms with van der Waals surface area (Å²) in [6.07, 6.45) is 4.47. The van der Waals surface area contributed by atoms with Gasteiger partial charge in [0.1, 0.15) is 22.6 Å². The van der Waals surface area contributed by atoms with Gasteiger partial charge in [-0.05, 0) is 63.4 Å². The first-order chi connectivity index (χ1) is 20.0. The van der Waals surface area contributed by atoms with Crippen LogP contribution in [0.15, 0.2) is 65.7 Å². The van der Waals surface area contributed by atoms with Gasteiger partial charge in [0, 0.05) is 61.2 Å². The number of nitrogens with zero attached hydrogens (tertiary/aromatic N) is 3. The van der Waals surface area contributed by atoms with E-state index in [9.17, 15) is 19.7 Å². The van der Waals surface area contributed by atoms with Crippen molar-refractivity contribution in [3.63, 3.8) is 0 Å². The third-order valence-corrected chi connectivity index (χ3v) is 7.06. The van der Waals surface area contributed by atoms with Crippen LogP contribution < -0.4 is 10.3 Å². The number of likely N-dealkylation sites (tertiary alicyclic amines) is 1. The molecule has 0 saturated carbocycles. The Morgan fingerprint density at radius 2 is 1.86 bits per heavy atom. The van der Waals surface area contributed by atoms with Crippen LogP contribution in [0.25, 0.3) is 22.0 Å². The highest BCUT2D eigenvalue weighted by Crippen LogP contribution is 2.39. The van der Waals surface area contributed by atoms with Crippen LogP contribution in [0.4, 0.5) is 10.5 Å². The lowest BCUT2D eigenvalue weighted by Crippen LogP contribution is -2.43. The second kappa shape index (κ2) is 11.7. The van der Waals surface area contributed by atoms with Crippen LogP contribution in [-0.4, -0.2) is 50.3 Å². The van der Waals surface area contributed by atoms with E-state index in [1.165, 1.54) is 16.7 Å². The number of aromatic amines is 1. The van der Waals surface area contributed by atoms with E-state index in [0.717, 1.165) is 18.4 Å². The molecule has 1 aliphatic heterocycles. The molecule has 42 heavy (non-hydrogen) atoms. The van der Waals surface area contributed by atoms with Gasteiger partial charge in [0.15, 0.2) is 0 Å². The number of pyridine rings is 1. The minimum absolute atomic E-state index is 0.0167. The number of carbonyl (C=O) groups is 1. The predicted octanol–water partition coefficient (Wildman–Crippen LogP) is 6.15. The van der Waals surface area contributed by atoms with Crippen molar-refractivity contribution >= 4 is 22.7 Å². The average Bonchev–Trinajstić information content (AvgIpc) is 3.44. The van der Waals surface area contributed by atoms with E-state index in [1.54, 1.807) is 42.5 Å². The third kappa shape index (κ3) is 6.46. The molecule has 0 spiro atoms. The molecule has 1 N–H and O–H groups in total. The average molecular weight is 575 g/mol. The standard InChI is InChI=1S/C31H34N4O7/c1-31(2,3)42-30(37)34-14-11-22(12-15-34)40-19-20-6-5-7-23(16-20)41-27-9-8-21(35(38)39)17-25(27)26-18-33(4)29(36)28-24(26)10-13-32-28/h5-10,13,16-18,22,32H,11-12,14-15,19H2,1-4H3. The summed E-state index contributed by atoms with van der Waals surface area (Å²) in [4.78, 5) is 40.8. The number of nitrogens with one attached hydrogen (secondary N) is 1. The van der Waals surface area contributed by atoms with Crippen molar-refractivity contribution in [2.24, 2.45) is 7.05 Å². The van der Waals surface area contributed by atoms with Crippen LogP contribution in [0, 0.1) is 10.1 Å². The zero-order valence-electron chi connectivity index (χ0n) is 24.1. The summed E-state index contributed by atoms with van der Waals surface area (Å²) in [6.45, 7) is 7.08. The highest BCUT2D eigenvalue weighted by atomic mass is 16.6. The van der Waals surface area contributed by atoms with Crippen molar-refractivity contribution in [2.75, 3.05) is 13.1 Å². The Kier molecular flexibility index (Phi) is 8.04.